The van der Waals surface area contributed by atoms with Crippen molar-refractivity contribution in [3.05, 3.63) is 59.2 Å². The Hall–Kier alpha value is -2.57. The molecule has 0 spiro atoms. The molecule has 1 aliphatic heterocycles. The first kappa shape index (κ1) is 20.2. The Bertz CT molecular complexity index is 771. The van der Waals surface area contributed by atoms with Crippen LogP contribution in [-0.4, -0.2) is 53.0 Å². The van der Waals surface area contributed by atoms with Gasteiger partial charge in [0, 0.05) is 17.7 Å². The van der Waals surface area contributed by atoms with Crippen molar-refractivity contribution < 1.29 is 23.9 Å². The molecule has 0 atom stereocenters. The number of benzene rings is 2. The number of ether oxygens (including phenoxy) is 3. The molecule has 28 heavy (non-hydrogen) atoms. The minimum absolute atomic E-state index is 0.0502. The molecule has 150 valence electrons. The lowest BCUT2D eigenvalue weighted by Gasteiger charge is -2.23. The second kappa shape index (κ2) is 10.1. The van der Waals surface area contributed by atoms with Crippen molar-refractivity contribution in [1.29, 1.82) is 0 Å². The molecule has 0 unspecified atom stereocenters. The summed E-state index contributed by atoms with van der Waals surface area (Å²) in [6.45, 7) is 5.28. The molecule has 1 aliphatic rings. The van der Waals surface area contributed by atoms with Gasteiger partial charge in [0.25, 0.3) is 5.91 Å². The van der Waals surface area contributed by atoms with Gasteiger partial charge in [0.1, 0.15) is 19.6 Å². The lowest BCUT2D eigenvalue weighted by atomic mass is 10.1. The third-order valence-corrected chi connectivity index (χ3v) is 5.02. The molecule has 2 aromatic carbocycles. The standard InChI is InChI=1S/C22H28N2O4/c1-26-20-8-5-17(15-21(20)27-2)9-10-23-22(25)19-6-3-18(4-7-19)16-24-11-13-28-14-12-24/h3-8,15H,9-14,16H2,1-2H3,(H,23,25)/p+1. The van der Waals surface area contributed by atoms with Gasteiger partial charge in [-0.3, -0.25) is 4.79 Å². The van der Waals surface area contributed by atoms with Crippen molar-refractivity contribution in [2.45, 2.75) is 13.0 Å². The summed E-state index contributed by atoms with van der Waals surface area (Å²) in [5.41, 5.74) is 3.02. The zero-order valence-corrected chi connectivity index (χ0v) is 16.6. The van der Waals surface area contributed by atoms with Crippen LogP contribution >= 0.6 is 0 Å². The number of nitrogens with one attached hydrogen (secondary N) is 2. The van der Waals surface area contributed by atoms with Crippen molar-refractivity contribution in [3.8, 4) is 11.5 Å². The first-order valence-corrected chi connectivity index (χ1v) is 9.69. The number of methoxy groups -OCH3 is 2. The number of hydrogen-bond donors (Lipinski definition) is 2. The highest BCUT2D eigenvalue weighted by atomic mass is 16.5. The van der Waals surface area contributed by atoms with Crippen LogP contribution in [0.25, 0.3) is 0 Å². The predicted octanol–water partition coefficient (Wildman–Crippen LogP) is 1.09. The van der Waals surface area contributed by atoms with Gasteiger partial charge in [-0.05, 0) is 36.2 Å². The lowest BCUT2D eigenvalue weighted by molar-refractivity contribution is -0.921. The zero-order chi connectivity index (χ0) is 19.8. The third-order valence-electron chi connectivity index (χ3n) is 5.02. The van der Waals surface area contributed by atoms with Crippen LogP contribution in [0, 0.1) is 0 Å². The van der Waals surface area contributed by atoms with E-state index < -0.39 is 0 Å². The summed E-state index contributed by atoms with van der Waals surface area (Å²) in [4.78, 5) is 13.9. The topological polar surface area (TPSA) is 61.2 Å². The van der Waals surface area contributed by atoms with E-state index in [0.29, 0.717) is 23.6 Å². The van der Waals surface area contributed by atoms with Crippen LogP contribution in [0.4, 0.5) is 0 Å². The number of amides is 1. The Balaban J connectivity index is 1.48. The number of carbonyl (C=O) groups excluding carboxylic acids is 1. The maximum atomic E-state index is 12.4. The molecule has 2 N–H and O–H groups in total. The van der Waals surface area contributed by atoms with Crippen molar-refractivity contribution in [2.24, 2.45) is 0 Å². The number of quaternary nitrogens is 1. The average molecular weight is 385 g/mol. The van der Waals surface area contributed by atoms with Gasteiger partial charge in [-0.1, -0.05) is 18.2 Å². The van der Waals surface area contributed by atoms with E-state index in [1.165, 1.54) is 10.5 Å². The van der Waals surface area contributed by atoms with Gasteiger partial charge < -0.3 is 24.4 Å². The minimum atomic E-state index is -0.0502. The first-order chi connectivity index (χ1) is 13.7. The molecule has 2 aromatic rings. The van der Waals surface area contributed by atoms with Crippen LogP contribution in [0.3, 0.4) is 0 Å². The molecule has 0 saturated carbocycles. The van der Waals surface area contributed by atoms with E-state index in [9.17, 15) is 4.79 Å². The van der Waals surface area contributed by atoms with Crippen molar-refractivity contribution in [1.82, 2.24) is 5.32 Å². The van der Waals surface area contributed by atoms with Crippen molar-refractivity contribution in [3.63, 3.8) is 0 Å². The second-order valence-corrected chi connectivity index (χ2v) is 6.93. The van der Waals surface area contributed by atoms with Crippen LogP contribution < -0.4 is 19.7 Å². The average Bonchev–Trinajstić information content (AvgIpc) is 2.74. The summed E-state index contributed by atoms with van der Waals surface area (Å²) >= 11 is 0. The van der Waals surface area contributed by atoms with E-state index >= 15 is 0 Å². The first-order valence-electron chi connectivity index (χ1n) is 9.69. The van der Waals surface area contributed by atoms with E-state index in [1.54, 1.807) is 14.2 Å². The molecule has 6 heteroatoms. The Morgan fingerprint density at radius 1 is 1.00 bits per heavy atom. The molecule has 1 saturated heterocycles. The van der Waals surface area contributed by atoms with Crippen LogP contribution in [0.1, 0.15) is 21.5 Å². The van der Waals surface area contributed by atoms with Gasteiger partial charge in [0.2, 0.25) is 0 Å². The third kappa shape index (κ3) is 5.47. The number of hydrogen-bond acceptors (Lipinski definition) is 4. The fourth-order valence-electron chi connectivity index (χ4n) is 3.36. The van der Waals surface area contributed by atoms with E-state index in [-0.39, 0.29) is 5.91 Å². The molecular weight excluding hydrogens is 356 g/mol. The monoisotopic (exact) mass is 385 g/mol. The Labute approximate surface area is 166 Å². The van der Waals surface area contributed by atoms with Gasteiger partial charge in [0.15, 0.2) is 11.5 Å². The molecule has 1 heterocycles. The summed E-state index contributed by atoms with van der Waals surface area (Å²) in [5.74, 6) is 1.35. The zero-order valence-electron chi connectivity index (χ0n) is 16.6. The summed E-state index contributed by atoms with van der Waals surface area (Å²) < 4.78 is 16.0. The maximum Gasteiger partial charge on any atom is 0.251 e. The highest BCUT2D eigenvalue weighted by Crippen LogP contribution is 2.27. The van der Waals surface area contributed by atoms with Crippen molar-refractivity contribution in [2.75, 3.05) is 47.1 Å². The normalized spacial score (nSPS) is 14.5. The van der Waals surface area contributed by atoms with Gasteiger partial charge in [-0.2, -0.15) is 0 Å². The molecular formula is C22H29N2O4+. The van der Waals surface area contributed by atoms with Crippen LogP contribution in [-0.2, 0) is 17.7 Å². The van der Waals surface area contributed by atoms with Crippen LogP contribution in [0.5, 0.6) is 11.5 Å². The SMILES string of the molecule is COc1ccc(CCNC(=O)c2ccc(C[NH+]3CCOCC3)cc2)cc1OC. The molecule has 1 amide bonds. The van der Waals surface area contributed by atoms with Crippen molar-refractivity contribution >= 4 is 5.91 Å². The molecule has 3 rings (SSSR count). The van der Waals surface area contributed by atoms with Gasteiger partial charge in [0.05, 0.1) is 27.4 Å². The summed E-state index contributed by atoms with van der Waals surface area (Å²) in [7, 11) is 3.24. The Morgan fingerprint density at radius 3 is 2.36 bits per heavy atom. The quantitative estimate of drug-likeness (QED) is 0.714. The highest BCUT2D eigenvalue weighted by Gasteiger charge is 2.14. The van der Waals surface area contributed by atoms with Crippen LogP contribution in [0.2, 0.25) is 0 Å². The molecule has 0 radical (unpaired) electrons. The predicted molar refractivity (Wildman–Crippen MR) is 107 cm³/mol. The van der Waals surface area contributed by atoms with Gasteiger partial charge in [-0.25, -0.2) is 0 Å². The Morgan fingerprint density at radius 2 is 1.68 bits per heavy atom. The molecule has 6 nitrogen and oxygen atoms in total. The largest absolute Gasteiger partial charge is 0.493 e. The number of rotatable bonds is 8. The lowest BCUT2D eigenvalue weighted by Crippen LogP contribution is -3.12. The van der Waals surface area contributed by atoms with E-state index in [1.807, 2.05) is 42.5 Å². The van der Waals surface area contributed by atoms with Gasteiger partial charge in [-0.15, -0.1) is 0 Å². The maximum absolute atomic E-state index is 12.4. The second-order valence-electron chi connectivity index (χ2n) is 6.93. The number of carbonyl (C=O) groups is 1. The molecule has 0 aromatic heterocycles. The molecule has 1 fully saturated rings. The molecule has 0 bridgehead atoms. The smallest absolute Gasteiger partial charge is 0.251 e. The summed E-state index contributed by atoms with van der Waals surface area (Å²) in [6, 6.07) is 13.7. The van der Waals surface area contributed by atoms with E-state index in [4.69, 9.17) is 14.2 Å². The fraction of sp³-hybridized carbons (Fsp3) is 0.409. The Kier molecular flexibility index (Phi) is 7.28. The van der Waals surface area contributed by atoms with Crippen LogP contribution in [0.15, 0.2) is 42.5 Å². The highest BCUT2D eigenvalue weighted by molar-refractivity contribution is 5.94. The number of morpholine rings is 1. The summed E-state index contributed by atoms with van der Waals surface area (Å²) in [5, 5.41) is 2.98. The van der Waals surface area contributed by atoms with Gasteiger partial charge >= 0.3 is 0 Å². The summed E-state index contributed by atoms with van der Waals surface area (Å²) in [6.07, 6.45) is 0.727. The van der Waals surface area contributed by atoms with E-state index in [0.717, 1.165) is 44.8 Å². The molecule has 0 aliphatic carbocycles. The van der Waals surface area contributed by atoms with E-state index in [2.05, 4.69) is 5.32 Å². The minimum Gasteiger partial charge on any atom is -0.493 e. The fourth-order valence-corrected chi connectivity index (χ4v) is 3.36.